The summed E-state index contributed by atoms with van der Waals surface area (Å²) in [5.74, 6) is -0.0760. The maximum atomic E-state index is 12.2. The minimum Gasteiger partial charge on any atom is -0.395 e. The van der Waals surface area contributed by atoms with Crippen LogP contribution >= 0.6 is 0 Å². The number of unbranched alkanes of at least 4 members (excludes halogenated alkanes) is 9. The van der Waals surface area contributed by atoms with Gasteiger partial charge in [-0.15, -0.1) is 0 Å². The molecule has 0 aliphatic carbocycles. The Kier molecular flexibility index (Phi) is 11.2. The summed E-state index contributed by atoms with van der Waals surface area (Å²) in [5, 5.41) is 31.5. The van der Waals surface area contributed by atoms with Gasteiger partial charge in [-0.25, -0.2) is 8.42 Å². The molecule has 0 spiro atoms. The first-order valence-electron chi connectivity index (χ1n) is 9.84. The summed E-state index contributed by atoms with van der Waals surface area (Å²) >= 11 is 0. The Morgan fingerprint density at radius 1 is 0.800 bits per heavy atom. The standard InChI is InChI=1S/C18H37NO5S/c1-2-3-4-5-6-7-8-9-10-11-12-25(23,24)14-16-18(22)17(21)15(13-20)19-16/h15-22H,2-14H2,1H3/t15-,16-,17-,18-/m1/s1. The number of rotatable bonds is 14. The minimum atomic E-state index is -3.28. The van der Waals surface area contributed by atoms with Crippen LogP contribution in [-0.4, -0.2) is 66.1 Å². The molecular formula is C18H37NO5S. The molecule has 1 rings (SSSR count). The van der Waals surface area contributed by atoms with E-state index in [2.05, 4.69) is 12.2 Å². The van der Waals surface area contributed by atoms with E-state index in [-0.39, 0.29) is 18.1 Å². The normalized spacial score (nSPS) is 27.0. The Morgan fingerprint density at radius 3 is 1.76 bits per heavy atom. The predicted molar refractivity (Wildman–Crippen MR) is 100 cm³/mol. The van der Waals surface area contributed by atoms with Gasteiger partial charge in [-0.1, -0.05) is 64.7 Å². The molecule has 0 unspecified atom stereocenters. The van der Waals surface area contributed by atoms with Gasteiger partial charge < -0.3 is 20.6 Å². The highest BCUT2D eigenvalue weighted by Crippen LogP contribution is 2.17. The van der Waals surface area contributed by atoms with Gasteiger partial charge in [-0.3, -0.25) is 0 Å². The van der Waals surface area contributed by atoms with Crippen LogP contribution < -0.4 is 5.32 Å². The maximum Gasteiger partial charge on any atom is 0.151 e. The first kappa shape index (κ1) is 22.8. The smallest absolute Gasteiger partial charge is 0.151 e. The number of aliphatic hydroxyl groups excluding tert-OH is 3. The Labute approximate surface area is 152 Å². The molecule has 0 aromatic rings. The molecule has 7 heteroatoms. The zero-order valence-corrected chi connectivity index (χ0v) is 16.4. The summed E-state index contributed by atoms with van der Waals surface area (Å²) in [6.45, 7) is 1.89. The lowest BCUT2D eigenvalue weighted by Gasteiger charge is -2.15. The molecule has 4 atom stereocenters. The molecule has 150 valence electrons. The van der Waals surface area contributed by atoms with E-state index in [1.807, 2.05) is 0 Å². The van der Waals surface area contributed by atoms with Crippen molar-refractivity contribution in [1.29, 1.82) is 0 Å². The van der Waals surface area contributed by atoms with Crippen molar-refractivity contribution >= 4 is 9.84 Å². The third kappa shape index (κ3) is 8.82. The second-order valence-corrected chi connectivity index (χ2v) is 9.57. The van der Waals surface area contributed by atoms with Gasteiger partial charge in [0.1, 0.15) is 0 Å². The number of aliphatic hydroxyl groups is 3. The molecule has 1 aliphatic rings. The molecule has 0 saturated carbocycles. The van der Waals surface area contributed by atoms with Crippen LogP contribution in [0, 0.1) is 0 Å². The van der Waals surface area contributed by atoms with E-state index < -0.39 is 34.1 Å². The second kappa shape index (κ2) is 12.2. The predicted octanol–water partition coefficient (Wildman–Crippen LogP) is 1.38. The van der Waals surface area contributed by atoms with Gasteiger partial charge in [0.15, 0.2) is 9.84 Å². The van der Waals surface area contributed by atoms with Crippen molar-refractivity contribution in [2.24, 2.45) is 0 Å². The van der Waals surface area contributed by atoms with Gasteiger partial charge in [0.25, 0.3) is 0 Å². The van der Waals surface area contributed by atoms with Crippen LogP contribution in [0.2, 0.25) is 0 Å². The molecule has 1 saturated heterocycles. The van der Waals surface area contributed by atoms with E-state index in [4.69, 9.17) is 5.11 Å². The number of sulfone groups is 1. The van der Waals surface area contributed by atoms with Gasteiger partial charge in [0.2, 0.25) is 0 Å². The Morgan fingerprint density at radius 2 is 1.28 bits per heavy atom. The van der Waals surface area contributed by atoms with Crippen molar-refractivity contribution in [3.63, 3.8) is 0 Å². The van der Waals surface area contributed by atoms with Crippen LogP contribution in [-0.2, 0) is 9.84 Å². The molecule has 4 N–H and O–H groups in total. The van der Waals surface area contributed by atoms with Crippen LogP contribution in [0.4, 0.5) is 0 Å². The molecule has 0 aromatic heterocycles. The number of hydrogen-bond donors (Lipinski definition) is 4. The van der Waals surface area contributed by atoms with E-state index in [1.165, 1.54) is 44.9 Å². The summed E-state index contributed by atoms with van der Waals surface area (Å²) in [6, 6.07) is -1.37. The lowest BCUT2D eigenvalue weighted by atomic mass is 10.1. The van der Waals surface area contributed by atoms with E-state index >= 15 is 0 Å². The Hall–Kier alpha value is -0.210. The van der Waals surface area contributed by atoms with Crippen molar-refractivity contribution in [1.82, 2.24) is 5.32 Å². The molecule has 0 radical (unpaired) electrons. The minimum absolute atomic E-state index is 0.119. The van der Waals surface area contributed by atoms with E-state index in [9.17, 15) is 18.6 Å². The summed E-state index contributed by atoms with van der Waals surface area (Å²) in [7, 11) is -3.28. The van der Waals surface area contributed by atoms with Crippen LogP contribution in [0.15, 0.2) is 0 Å². The molecule has 0 aromatic carbocycles. The van der Waals surface area contributed by atoms with Gasteiger partial charge >= 0.3 is 0 Å². The first-order valence-corrected chi connectivity index (χ1v) is 11.7. The third-order valence-corrected chi connectivity index (χ3v) is 6.82. The SMILES string of the molecule is CCCCCCCCCCCCS(=O)(=O)C[C@H]1N[C@H](CO)[C@@H](O)[C@@H]1O. The fourth-order valence-electron chi connectivity index (χ4n) is 3.42. The highest BCUT2D eigenvalue weighted by Gasteiger charge is 2.42. The molecule has 0 bridgehead atoms. The van der Waals surface area contributed by atoms with Crippen molar-refractivity contribution in [3.8, 4) is 0 Å². The molecule has 1 aliphatic heterocycles. The molecule has 0 amide bonds. The highest BCUT2D eigenvalue weighted by molar-refractivity contribution is 7.91. The van der Waals surface area contributed by atoms with Gasteiger partial charge in [0.05, 0.1) is 36.4 Å². The van der Waals surface area contributed by atoms with E-state index in [1.54, 1.807) is 0 Å². The van der Waals surface area contributed by atoms with Crippen molar-refractivity contribution < 1.29 is 23.7 Å². The van der Waals surface area contributed by atoms with Crippen LogP contribution in [0.3, 0.4) is 0 Å². The first-order chi connectivity index (χ1) is 11.9. The van der Waals surface area contributed by atoms with E-state index in [0.29, 0.717) is 6.42 Å². The molecule has 1 heterocycles. The highest BCUT2D eigenvalue weighted by atomic mass is 32.2. The lowest BCUT2D eigenvalue weighted by Crippen LogP contribution is -2.40. The summed E-state index contributed by atoms with van der Waals surface area (Å²) in [5.41, 5.74) is 0. The maximum absolute atomic E-state index is 12.2. The summed E-state index contributed by atoms with van der Waals surface area (Å²) in [6.07, 6.45) is 9.23. The molecule has 25 heavy (non-hydrogen) atoms. The summed E-state index contributed by atoms with van der Waals surface area (Å²) in [4.78, 5) is 0. The zero-order valence-electron chi connectivity index (χ0n) is 15.6. The lowest BCUT2D eigenvalue weighted by molar-refractivity contribution is 0.0217. The monoisotopic (exact) mass is 379 g/mol. The quantitative estimate of drug-likeness (QED) is 0.340. The average molecular weight is 380 g/mol. The topological polar surface area (TPSA) is 107 Å². The fraction of sp³-hybridized carbons (Fsp3) is 1.00. The van der Waals surface area contributed by atoms with Crippen LogP contribution in [0.5, 0.6) is 0 Å². The van der Waals surface area contributed by atoms with Crippen LogP contribution in [0.25, 0.3) is 0 Å². The number of nitrogens with one attached hydrogen (secondary N) is 1. The molecular weight excluding hydrogens is 342 g/mol. The second-order valence-electron chi connectivity index (χ2n) is 7.34. The molecule has 6 nitrogen and oxygen atoms in total. The zero-order chi connectivity index (χ0) is 18.7. The number of hydrogen-bond acceptors (Lipinski definition) is 6. The van der Waals surface area contributed by atoms with Gasteiger partial charge in [-0.2, -0.15) is 0 Å². The Balaban J connectivity index is 2.12. The molecule has 1 fully saturated rings. The summed E-state index contributed by atoms with van der Waals surface area (Å²) < 4.78 is 24.3. The average Bonchev–Trinajstić information content (AvgIpc) is 2.84. The Bertz CT molecular complexity index is 443. The third-order valence-electron chi connectivity index (χ3n) is 5.04. The fourth-order valence-corrected chi connectivity index (χ4v) is 5.07. The van der Waals surface area contributed by atoms with Crippen molar-refractivity contribution in [2.45, 2.75) is 95.4 Å². The van der Waals surface area contributed by atoms with Gasteiger partial charge in [-0.05, 0) is 6.42 Å². The largest absolute Gasteiger partial charge is 0.395 e. The van der Waals surface area contributed by atoms with Crippen molar-refractivity contribution in [2.75, 3.05) is 18.1 Å². The van der Waals surface area contributed by atoms with Crippen molar-refractivity contribution in [3.05, 3.63) is 0 Å². The van der Waals surface area contributed by atoms with Crippen LogP contribution in [0.1, 0.15) is 71.1 Å². The van der Waals surface area contributed by atoms with E-state index in [0.717, 1.165) is 12.8 Å². The van der Waals surface area contributed by atoms with Gasteiger partial charge in [0, 0.05) is 6.04 Å².